The van der Waals surface area contributed by atoms with Gasteiger partial charge in [-0.3, -0.25) is 4.79 Å². The molecule has 0 unspecified atom stereocenters. The molecule has 2 heterocycles. The molecule has 0 spiro atoms. The van der Waals surface area contributed by atoms with Crippen molar-refractivity contribution in [1.29, 1.82) is 0 Å². The van der Waals surface area contributed by atoms with Crippen molar-refractivity contribution >= 4 is 28.5 Å². The Morgan fingerprint density at radius 1 is 1.38 bits per heavy atom. The minimum atomic E-state index is 0.0282. The zero-order chi connectivity index (χ0) is 9.26. The molecule has 0 aromatic carbocycles. The third-order valence-corrected chi connectivity index (χ3v) is 2.76. The second kappa shape index (κ2) is 3.69. The van der Waals surface area contributed by atoms with Gasteiger partial charge in [-0.2, -0.15) is 0 Å². The third-order valence-electron chi connectivity index (χ3n) is 2.18. The predicted molar refractivity (Wildman–Crippen MR) is 56.6 cm³/mol. The van der Waals surface area contributed by atoms with Crippen molar-refractivity contribution in [3.8, 4) is 0 Å². The summed E-state index contributed by atoms with van der Waals surface area (Å²) < 4.78 is 6.02. The van der Waals surface area contributed by atoms with Gasteiger partial charge in [-0.05, 0) is 47.6 Å². The first-order chi connectivity index (χ1) is 6.27. The van der Waals surface area contributed by atoms with Crippen LogP contribution in [0.3, 0.4) is 0 Å². The third kappa shape index (κ3) is 1.87. The summed E-state index contributed by atoms with van der Waals surface area (Å²) in [5.41, 5.74) is 0. The number of halogens is 1. The molecule has 0 aliphatic carbocycles. The molecule has 13 heavy (non-hydrogen) atoms. The van der Waals surface area contributed by atoms with E-state index in [1.165, 1.54) is 0 Å². The molecule has 4 heteroatoms. The van der Waals surface area contributed by atoms with Gasteiger partial charge in [0.05, 0.1) is 0 Å². The quantitative estimate of drug-likeness (QED) is 0.743. The van der Waals surface area contributed by atoms with Crippen molar-refractivity contribution in [2.75, 3.05) is 13.1 Å². The number of likely N-dealkylation sites (tertiary alicyclic amines) is 1. The monoisotopic (exact) mass is 291 g/mol. The van der Waals surface area contributed by atoms with Crippen LogP contribution in [0.25, 0.3) is 0 Å². The highest BCUT2D eigenvalue weighted by Gasteiger charge is 2.21. The highest BCUT2D eigenvalue weighted by Crippen LogP contribution is 2.15. The first-order valence-corrected chi connectivity index (χ1v) is 5.40. The molecular weight excluding hydrogens is 281 g/mol. The molecule has 1 aromatic heterocycles. The number of hydrogen-bond donors (Lipinski definition) is 0. The van der Waals surface area contributed by atoms with Crippen molar-refractivity contribution in [3.05, 3.63) is 21.7 Å². The van der Waals surface area contributed by atoms with Gasteiger partial charge in [-0.25, -0.2) is 0 Å². The lowest BCUT2D eigenvalue weighted by molar-refractivity contribution is 0.0759. The fourth-order valence-electron chi connectivity index (χ4n) is 1.51. The van der Waals surface area contributed by atoms with Crippen LogP contribution in [0.5, 0.6) is 0 Å². The van der Waals surface area contributed by atoms with E-state index in [9.17, 15) is 4.79 Å². The highest BCUT2D eigenvalue weighted by atomic mass is 127. The zero-order valence-corrected chi connectivity index (χ0v) is 9.28. The minimum Gasteiger partial charge on any atom is -0.445 e. The lowest BCUT2D eigenvalue weighted by Gasteiger charge is -2.12. The normalized spacial score (nSPS) is 16.5. The summed E-state index contributed by atoms with van der Waals surface area (Å²) in [5.74, 6) is 0.492. The average Bonchev–Trinajstić information content (AvgIpc) is 2.72. The fourth-order valence-corrected chi connectivity index (χ4v) is 1.92. The molecule has 1 saturated heterocycles. The molecule has 3 nitrogen and oxygen atoms in total. The van der Waals surface area contributed by atoms with Crippen LogP contribution >= 0.6 is 22.6 Å². The lowest BCUT2D eigenvalue weighted by Crippen LogP contribution is -2.27. The van der Waals surface area contributed by atoms with Crippen LogP contribution in [-0.4, -0.2) is 23.9 Å². The van der Waals surface area contributed by atoms with Crippen LogP contribution in [0.4, 0.5) is 0 Å². The Balaban J connectivity index is 2.12. The molecule has 2 rings (SSSR count). The first-order valence-electron chi connectivity index (χ1n) is 4.32. The molecular formula is C9H10INO2. The van der Waals surface area contributed by atoms with Gasteiger partial charge in [0.25, 0.3) is 5.91 Å². The van der Waals surface area contributed by atoms with Crippen LogP contribution in [0.1, 0.15) is 23.4 Å². The number of amides is 1. The van der Waals surface area contributed by atoms with Crippen LogP contribution in [-0.2, 0) is 0 Å². The largest absolute Gasteiger partial charge is 0.445 e. The Morgan fingerprint density at radius 3 is 2.62 bits per heavy atom. The molecule has 0 saturated carbocycles. The number of rotatable bonds is 1. The van der Waals surface area contributed by atoms with Crippen molar-refractivity contribution in [2.24, 2.45) is 0 Å². The van der Waals surface area contributed by atoms with Gasteiger partial charge >= 0.3 is 0 Å². The summed E-state index contributed by atoms with van der Waals surface area (Å²) in [6, 6.07) is 3.55. The number of nitrogens with zero attached hydrogens (tertiary/aromatic N) is 1. The standard InChI is InChI=1S/C9H10INO2/c10-8-4-3-7(13-8)9(12)11-5-1-2-6-11/h3-4H,1-2,5-6H2. The Hall–Kier alpha value is -0.520. The second-order valence-electron chi connectivity index (χ2n) is 3.10. The molecule has 1 fully saturated rings. The fraction of sp³-hybridized carbons (Fsp3) is 0.444. The Kier molecular flexibility index (Phi) is 2.57. The maximum atomic E-state index is 11.7. The van der Waals surface area contributed by atoms with Crippen molar-refractivity contribution in [2.45, 2.75) is 12.8 Å². The summed E-state index contributed by atoms with van der Waals surface area (Å²) in [6.45, 7) is 1.74. The molecule has 0 N–H and O–H groups in total. The summed E-state index contributed by atoms with van der Waals surface area (Å²) in [5, 5.41) is 0. The number of carbonyl (C=O) groups excluding carboxylic acids is 1. The van der Waals surface area contributed by atoms with Crippen molar-refractivity contribution < 1.29 is 9.21 Å². The van der Waals surface area contributed by atoms with Gasteiger partial charge < -0.3 is 9.32 Å². The molecule has 1 aliphatic heterocycles. The molecule has 1 aliphatic rings. The molecule has 0 atom stereocenters. The topological polar surface area (TPSA) is 33.5 Å². The number of furan rings is 1. The number of hydrogen-bond acceptors (Lipinski definition) is 2. The molecule has 1 aromatic rings. The maximum absolute atomic E-state index is 11.7. The number of carbonyl (C=O) groups is 1. The van der Waals surface area contributed by atoms with E-state index in [0.29, 0.717) is 5.76 Å². The van der Waals surface area contributed by atoms with Crippen LogP contribution < -0.4 is 0 Å². The van der Waals surface area contributed by atoms with E-state index in [2.05, 4.69) is 22.6 Å². The van der Waals surface area contributed by atoms with E-state index >= 15 is 0 Å². The van der Waals surface area contributed by atoms with Gasteiger partial charge in [0, 0.05) is 13.1 Å². The van der Waals surface area contributed by atoms with Crippen molar-refractivity contribution in [3.63, 3.8) is 0 Å². The molecule has 0 bridgehead atoms. The van der Waals surface area contributed by atoms with E-state index < -0.39 is 0 Å². The zero-order valence-electron chi connectivity index (χ0n) is 7.12. The summed E-state index contributed by atoms with van der Waals surface area (Å²) in [4.78, 5) is 13.5. The summed E-state index contributed by atoms with van der Waals surface area (Å²) in [6.07, 6.45) is 2.23. The SMILES string of the molecule is O=C(c1ccc(I)o1)N1CCCC1. The van der Waals surface area contributed by atoms with E-state index in [1.54, 1.807) is 6.07 Å². The van der Waals surface area contributed by atoms with Crippen LogP contribution in [0.2, 0.25) is 0 Å². The Labute approximate surface area is 90.2 Å². The van der Waals surface area contributed by atoms with Crippen LogP contribution in [0.15, 0.2) is 16.5 Å². The van der Waals surface area contributed by atoms with E-state index in [0.717, 1.165) is 29.7 Å². The molecule has 70 valence electrons. The predicted octanol–water partition coefficient (Wildman–Crippen LogP) is 2.12. The van der Waals surface area contributed by atoms with Gasteiger partial charge in [0.2, 0.25) is 0 Å². The van der Waals surface area contributed by atoms with Gasteiger partial charge in [0.15, 0.2) is 9.53 Å². The van der Waals surface area contributed by atoms with E-state index in [4.69, 9.17) is 4.42 Å². The minimum absolute atomic E-state index is 0.0282. The van der Waals surface area contributed by atoms with E-state index in [1.807, 2.05) is 11.0 Å². The van der Waals surface area contributed by atoms with Crippen molar-refractivity contribution in [1.82, 2.24) is 4.90 Å². The maximum Gasteiger partial charge on any atom is 0.289 e. The smallest absolute Gasteiger partial charge is 0.289 e. The highest BCUT2D eigenvalue weighted by molar-refractivity contribution is 14.1. The van der Waals surface area contributed by atoms with Crippen LogP contribution in [0, 0.1) is 3.77 Å². The average molecular weight is 291 g/mol. The summed E-state index contributed by atoms with van der Waals surface area (Å²) in [7, 11) is 0. The van der Waals surface area contributed by atoms with E-state index in [-0.39, 0.29) is 5.91 Å². The summed E-state index contributed by atoms with van der Waals surface area (Å²) >= 11 is 2.06. The second-order valence-corrected chi connectivity index (χ2v) is 4.17. The van der Waals surface area contributed by atoms with Gasteiger partial charge in [0.1, 0.15) is 0 Å². The first kappa shape index (κ1) is 9.05. The molecule has 0 radical (unpaired) electrons. The Bertz CT molecular complexity index is 315. The van der Waals surface area contributed by atoms with Gasteiger partial charge in [-0.15, -0.1) is 0 Å². The van der Waals surface area contributed by atoms with Gasteiger partial charge in [-0.1, -0.05) is 0 Å². The molecule has 1 amide bonds. The lowest BCUT2D eigenvalue weighted by atomic mass is 10.4. The Morgan fingerprint density at radius 2 is 2.08 bits per heavy atom.